The summed E-state index contributed by atoms with van der Waals surface area (Å²) in [4.78, 5) is 0. The molecule has 0 radical (unpaired) electrons. The third-order valence-electron chi connectivity index (χ3n) is 9.25. The highest BCUT2D eigenvalue weighted by Gasteiger charge is 2.44. The van der Waals surface area contributed by atoms with Crippen molar-refractivity contribution in [2.75, 3.05) is 13.2 Å². The van der Waals surface area contributed by atoms with E-state index in [1.54, 1.807) is 0 Å². The van der Waals surface area contributed by atoms with Crippen molar-refractivity contribution in [2.45, 2.75) is 82.7 Å². The molecule has 54 heavy (non-hydrogen) atoms. The molecule has 296 valence electrons. The van der Waals surface area contributed by atoms with Crippen molar-refractivity contribution in [3.05, 3.63) is 100 Å². The van der Waals surface area contributed by atoms with Crippen molar-refractivity contribution in [2.24, 2.45) is 11.8 Å². The largest absolute Gasteiger partial charge is 0.432 e. The monoisotopic (exact) mass is 786 g/mol. The Balaban J connectivity index is 1.21. The van der Waals surface area contributed by atoms with Gasteiger partial charge in [0.1, 0.15) is 34.5 Å². The number of unbranched alkanes of at least 4 members (excludes halogenated alkanes) is 2. The highest BCUT2D eigenvalue weighted by molar-refractivity contribution is 5.38. The van der Waals surface area contributed by atoms with Gasteiger partial charge in [-0.2, -0.15) is 30.7 Å². The van der Waals surface area contributed by atoms with Gasteiger partial charge in [-0.1, -0.05) is 32.3 Å². The van der Waals surface area contributed by atoms with E-state index in [-0.39, 0.29) is 42.4 Å². The quantitative estimate of drug-likeness (QED) is 0.0925. The minimum Gasteiger partial charge on any atom is -0.429 e. The lowest BCUT2D eigenvalue weighted by Crippen LogP contribution is -2.38. The van der Waals surface area contributed by atoms with Crippen molar-refractivity contribution in [1.82, 2.24) is 0 Å². The Morgan fingerprint density at radius 3 is 1.80 bits per heavy atom. The Kier molecular flexibility index (Phi) is 13.0. The lowest BCUT2D eigenvalue weighted by atomic mass is 9.78. The summed E-state index contributed by atoms with van der Waals surface area (Å²) in [6.45, 7) is 3.38. The van der Waals surface area contributed by atoms with Gasteiger partial charge in [0.2, 0.25) is 5.75 Å². The molecule has 0 aromatic heterocycles. The maximum atomic E-state index is 15.1. The van der Waals surface area contributed by atoms with Crippen LogP contribution >= 0.6 is 0 Å². The second kappa shape index (κ2) is 17.1. The molecule has 0 spiro atoms. The van der Waals surface area contributed by atoms with Crippen LogP contribution in [0.3, 0.4) is 0 Å². The minimum atomic E-state index is -5.08. The second-order valence-corrected chi connectivity index (χ2v) is 13.1. The number of alkyl halides is 4. The van der Waals surface area contributed by atoms with Gasteiger partial charge in [-0.05, 0) is 55.7 Å². The Morgan fingerprint density at radius 2 is 1.26 bits per heavy atom. The number of halogens is 12. The van der Waals surface area contributed by atoms with Crippen LogP contribution in [-0.2, 0) is 21.7 Å². The van der Waals surface area contributed by atoms with E-state index in [1.807, 2.05) is 0 Å². The summed E-state index contributed by atoms with van der Waals surface area (Å²) in [5.74, 6) is -14.2. The third-order valence-corrected chi connectivity index (χ3v) is 9.25. The molecule has 1 aliphatic heterocycles. The van der Waals surface area contributed by atoms with Crippen molar-refractivity contribution < 1.29 is 76.4 Å². The van der Waals surface area contributed by atoms with Crippen molar-refractivity contribution in [1.29, 1.82) is 0 Å². The molecule has 3 aromatic carbocycles. The zero-order valence-corrected chi connectivity index (χ0v) is 28.5. The van der Waals surface area contributed by atoms with Gasteiger partial charge in [0.15, 0.2) is 17.9 Å². The Hall–Kier alpha value is -4.12. The number of hydrogen-bond acceptors (Lipinski definition) is 5. The summed E-state index contributed by atoms with van der Waals surface area (Å²) in [5, 5.41) is 0. The molecule has 0 amide bonds. The molecule has 2 fully saturated rings. The predicted molar refractivity (Wildman–Crippen MR) is 167 cm³/mol. The fourth-order valence-electron chi connectivity index (χ4n) is 6.54. The van der Waals surface area contributed by atoms with Gasteiger partial charge in [-0.25, -0.2) is 22.0 Å². The Morgan fingerprint density at radius 1 is 0.704 bits per heavy atom. The first-order chi connectivity index (χ1) is 25.5. The van der Waals surface area contributed by atoms with Crippen LogP contribution in [0.1, 0.15) is 80.9 Å². The van der Waals surface area contributed by atoms with E-state index in [0.717, 1.165) is 37.8 Å². The molecule has 2 aliphatic rings. The molecule has 5 rings (SSSR count). The van der Waals surface area contributed by atoms with Gasteiger partial charge in [-0.15, -0.1) is 0 Å². The summed E-state index contributed by atoms with van der Waals surface area (Å²) in [5.41, 5.74) is -3.08. The van der Waals surface area contributed by atoms with Gasteiger partial charge >= 0.3 is 24.3 Å². The first-order valence-corrected chi connectivity index (χ1v) is 17.0. The van der Waals surface area contributed by atoms with Gasteiger partial charge in [0, 0.05) is 36.1 Å². The molecule has 0 atom stereocenters. The lowest BCUT2D eigenvalue weighted by Gasteiger charge is -2.37. The van der Waals surface area contributed by atoms with Crippen LogP contribution in [0.15, 0.2) is 54.6 Å². The fourth-order valence-corrected chi connectivity index (χ4v) is 6.54. The smallest absolute Gasteiger partial charge is 0.429 e. The van der Waals surface area contributed by atoms with Crippen molar-refractivity contribution >= 4 is 0 Å². The first-order valence-electron chi connectivity index (χ1n) is 17.0. The fraction of sp³-hybridized carbons (Fsp3) is 0.459. The summed E-state index contributed by atoms with van der Waals surface area (Å²) >= 11 is 0. The lowest BCUT2D eigenvalue weighted by molar-refractivity contribution is -0.229. The van der Waals surface area contributed by atoms with Crippen LogP contribution in [0.2, 0.25) is 0 Å². The highest BCUT2D eigenvalue weighted by Crippen LogP contribution is 2.43. The van der Waals surface area contributed by atoms with Crippen molar-refractivity contribution in [3.8, 4) is 17.2 Å². The zero-order chi connectivity index (χ0) is 39.4. The van der Waals surface area contributed by atoms with E-state index < -0.39 is 81.8 Å². The van der Waals surface area contributed by atoms with Crippen LogP contribution in [0.25, 0.3) is 0 Å². The average Bonchev–Trinajstić information content (AvgIpc) is 3.09. The minimum absolute atomic E-state index is 0.0839. The molecular formula is C37H34F12O5. The van der Waals surface area contributed by atoms with Gasteiger partial charge in [0.25, 0.3) is 0 Å². The average molecular weight is 787 g/mol. The Labute approximate surface area is 301 Å². The van der Waals surface area contributed by atoms with Crippen LogP contribution in [0.4, 0.5) is 52.7 Å². The van der Waals surface area contributed by atoms with E-state index in [4.69, 9.17) is 9.47 Å². The molecule has 1 saturated carbocycles. The summed E-state index contributed by atoms with van der Waals surface area (Å²) in [6, 6.07) is -0.139. The van der Waals surface area contributed by atoms with E-state index in [0.29, 0.717) is 50.4 Å². The van der Waals surface area contributed by atoms with Crippen LogP contribution in [0, 0.1) is 40.9 Å². The summed E-state index contributed by atoms with van der Waals surface area (Å²) in [7, 11) is 0. The number of rotatable bonds is 14. The molecule has 1 heterocycles. The van der Waals surface area contributed by atoms with Gasteiger partial charge in [-0.3, -0.25) is 0 Å². The SMILES string of the molecule is CCCCCC1COC(C2CCC(c3ccc(C(F)(F)Oc4cc(F)c(C(F)(F)Oc5cc(F)c(OC(F)=C(F)F)c(F)c5)c(F)c4)c(F)c3)CC2)OC1. The van der Waals surface area contributed by atoms with E-state index in [9.17, 15) is 39.5 Å². The third kappa shape index (κ3) is 9.75. The number of ether oxygens (including phenoxy) is 5. The molecule has 17 heteroatoms. The maximum absolute atomic E-state index is 15.1. The van der Waals surface area contributed by atoms with E-state index >= 15 is 13.2 Å². The highest BCUT2D eigenvalue weighted by atomic mass is 19.3. The van der Waals surface area contributed by atoms with Crippen LogP contribution < -0.4 is 14.2 Å². The molecule has 1 aliphatic carbocycles. The summed E-state index contributed by atoms with van der Waals surface area (Å²) < 4.78 is 194. The first kappa shape index (κ1) is 41.1. The van der Waals surface area contributed by atoms with Crippen molar-refractivity contribution in [3.63, 3.8) is 0 Å². The van der Waals surface area contributed by atoms with Crippen LogP contribution in [0.5, 0.6) is 17.2 Å². The zero-order valence-electron chi connectivity index (χ0n) is 28.5. The topological polar surface area (TPSA) is 46.2 Å². The molecule has 3 aromatic rings. The molecule has 0 N–H and O–H groups in total. The van der Waals surface area contributed by atoms with E-state index in [1.165, 1.54) is 6.07 Å². The molecule has 5 nitrogen and oxygen atoms in total. The maximum Gasteiger partial charge on any atom is 0.432 e. The predicted octanol–water partition coefficient (Wildman–Crippen LogP) is 11.9. The van der Waals surface area contributed by atoms with Gasteiger partial charge < -0.3 is 23.7 Å². The van der Waals surface area contributed by atoms with Gasteiger partial charge in [0.05, 0.1) is 18.8 Å². The standard InChI is InChI=1S/C37H34F12O5/c1-2-3-4-5-19-17-50-35(51-18-19)21-8-6-20(7-9-21)22-10-11-25(26(38)12-22)36(46,47)53-23-13-27(39)31(28(40)14-23)37(48,49)54-24-15-29(41)32(30(42)16-24)52-34(45)33(43)44/h10-16,19-21,35H,2-9,17-18H2,1H3. The van der Waals surface area contributed by atoms with Crippen LogP contribution in [-0.4, -0.2) is 19.5 Å². The molecular weight excluding hydrogens is 752 g/mol. The van der Waals surface area contributed by atoms with E-state index in [2.05, 4.69) is 21.1 Å². The molecule has 0 unspecified atom stereocenters. The Bertz CT molecular complexity index is 1750. The summed E-state index contributed by atoms with van der Waals surface area (Å²) in [6.07, 6.45) is -6.01. The number of hydrogen-bond donors (Lipinski definition) is 0. The second-order valence-electron chi connectivity index (χ2n) is 13.1. The molecule has 0 bridgehead atoms. The molecule has 1 saturated heterocycles. The number of benzene rings is 3. The normalized spacial score (nSPS) is 20.8.